The number of hydrogen-bond acceptors (Lipinski definition) is 8. The van der Waals surface area contributed by atoms with Crippen molar-refractivity contribution in [3.63, 3.8) is 0 Å². The lowest BCUT2D eigenvalue weighted by molar-refractivity contribution is 0.443. The van der Waals surface area contributed by atoms with Gasteiger partial charge in [-0.05, 0) is 44.2 Å². The summed E-state index contributed by atoms with van der Waals surface area (Å²) in [6, 6.07) is 12.2. The van der Waals surface area contributed by atoms with E-state index in [1.807, 2.05) is 6.07 Å². The predicted octanol–water partition coefficient (Wildman–Crippen LogP) is 4.93. The minimum Gasteiger partial charge on any atom is -0.454 e. The van der Waals surface area contributed by atoms with Gasteiger partial charge in [0.15, 0.2) is 11.6 Å². The molecule has 1 saturated carbocycles. The maximum Gasteiger partial charge on any atom is 0.223 e. The fourth-order valence-electron chi connectivity index (χ4n) is 3.98. The summed E-state index contributed by atoms with van der Waals surface area (Å²) in [4.78, 5) is 8.50. The third-order valence-electron chi connectivity index (χ3n) is 5.55. The molecule has 0 radical (unpaired) electrons. The molecule has 9 nitrogen and oxygen atoms in total. The molecular formula is C24H29FN8O. The molecule has 0 unspecified atom stereocenters. The molecule has 2 aromatic carbocycles. The zero-order valence-electron chi connectivity index (χ0n) is 19.0. The average Bonchev–Trinajstić information content (AvgIpc) is 3.30. The van der Waals surface area contributed by atoms with E-state index in [4.69, 9.17) is 10.5 Å². The second-order valence-electron chi connectivity index (χ2n) is 7.97. The Bertz CT molecular complexity index is 1240. The third kappa shape index (κ3) is 5.70. The van der Waals surface area contributed by atoms with E-state index in [0.717, 1.165) is 23.7 Å². The Kier molecular flexibility index (Phi) is 7.38. The Morgan fingerprint density at radius 1 is 1.00 bits per heavy atom. The molecule has 0 atom stereocenters. The normalized spacial score (nSPS) is 13.7. The van der Waals surface area contributed by atoms with Gasteiger partial charge in [0.05, 0.1) is 11.7 Å². The van der Waals surface area contributed by atoms with Crippen LogP contribution in [0.5, 0.6) is 11.5 Å². The molecule has 2 heterocycles. The summed E-state index contributed by atoms with van der Waals surface area (Å²) in [6.45, 7) is 0. The Balaban J connectivity index is 0.00000133. The molecule has 4 aromatic rings. The third-order valence-corrected chi connectivity index (χ3v) is 5.55. The van der Waals surface area contributed by atoms with Crippen LogP contribution in [0.25, 0.3) is 10.9 Å². The zero-order chi connectivity index (χ0) is 23.9. The zero-order valence-corrected chi connectivity index (χ0v) is 19.0. The lowest BCUT2D eigenvalue weighted by atomic mass is 9.95. The molecule has 5 rings (SSSR count). The van der Waals surface area contributed by atoms with Gasteiger partial charge < -0.3 is 26.8 Å². The first-order chi connectivity index (χ1) is 16.6. The molecule has 10 heteroatoms. The van der Waals surface area contributed by atoms with Crippen molar-refractivity contribution in [1.82, 2.24) is 20.2 Å². The van der Waals surface area contributed by atoms with Gasteiger partial charge in [0.2, 0.25) is 5.95 Å². The second-order valence-corrected chi connectivity index (χ2v) is 7.97. The van der Waals surface area contributed by atoms with Crippen LogP contribution in [-0.4, -0.2) is 33.3 Å². The van der Waals surface area contributed by atoms with Gasteiger partial charge >= 0.3 is 0 Å². The van der Waals surface area contributed by atoms with Crippen molar-refractivity contribution in [1.29, 1.82) is 0 Å². The second kappa shape index (κ2) is 10.8. The average molecular weight is 465 g/mol. The van der Waals surface area contributed by atoms with Crippen LogP contribution in [0.2, 0.25) is 0 Å². The van der Waals surface area contributed by atoms with E-state index in [0.29, 0.717) is 29.1 Å². The van der Waals surface area contributed by atoms with Crippen molar-refractivity contribution in [2.45, 2.75) is 38.1 Å². The summed E-state index contributed by atoms with van der Waals surface area (Å²) < 4.78 is 20.4. The number of rotatable bonds is 6. The lowest BCUT2D eigenvalue weighted by Crippen LogP contribution is -2.23. The van der Waals surface area contributed by atoms with Gasteiger partial charge in [-0.2, -0.15) is 15.1 Å². The van der Waals surface area contributed by atoms with Crippen LogP contribution in [0.4, 0.5) is 27.7 Å². The van der Waals surface area contributed by atoms with Crippen molar-refractivity contribution in [2.75, 3.05) is 23.4 Å². The highest BCUT2D eigenvalue weighted by molar-refractivity contribution is 5.79. The quantitative estimate of drug-likeness (QED) is 0.271. The molecule has 1 aliphatic rings. The molecule has 0 spiro atoms. The number of aromatic nitrogens is 4. The first kappa shape index (κ1) is 23.2. The van der Waals surface area contributed by atoms with Gasteiger partial charge in [-0.15, -0.1) is 0 Å². The van der Waals surface area contributed by atoms with Crippen molar-refractivity contribution < 1.29 is 9.13 Å². The molecule has 34 heavy (non-hydrogen) atoms. The van der Waals surface area contributed by atoms with Crippen molar-refractivity contribution in [2.24, 2.45) is 5.73 Å². The number of nitrogens with zero attached hydrogens (tertiary/aromatic N) is 3. The minimum atomic E-state index is -0.498. The van der Waals surface area contributed by atoms with Gasteiger partial charge in [0.25, 0.3) is 0 Å². The van der Waals surface area contributed by atoms with Gasteiger partial charge in [-0.3, -0.25) is 5.10 Å². The number of nitrogens with one attached hydrogen (secondary N) is 3. The van der Waals surface area contributed by atoms with Crippen molar-refractivity contribution in [3.05, 3.63) is 54.5 Å². The molecule has 1 fully saturated rings. The topological polar surface area (TPSA) is 140 Å². The highest BCUT2D eigenvalue weighted by Gasteiger charge is 2.15. The highest BCUT2D eigenvalue weighted by atomic mass is 19.1. The monoisotopic (exact) mass is 464 g/mol. The Hall–Kier alpha value is -3.92. The number of nitrogen functional groups attached to an aromatic ring is 1. The molecule has 0 amide bonds. The van der Waals surface area contributed by atoms with Gasteiger partial charge in [0.1, 0.15) is 17.4 Å². The van der Waals surface area contributed by atoms with Crippen LogP contribution in [0, 0.1) is 5.82 Å². The number of anilines is 4. The Morgan fingerprint density at radius 2 is 1.79 bits per heavy atom. The SMILES string of the molecule is CN.Nc1nc(Nc2ccc(Oc3ccc4cn[nH]c4c3)c(F)c2)cc(NC2CCCCC2)n1. The summed E-state index contributed by atoms with van der Waals surface area (Å²) in [5, 5.41) is 14.3. The number of ether oxygens (including phenoxy) is 1. The van der Waals surface area contributed by atoms with E-state index < -0.39 is 5.82 Å². The van der Waals surface area contributed by atoms with E-state index in [1.54, 1.807) is 36.5 Å². The largest absolute Gasteiger partial charge is 0.454 e. The number of benzene rings is 2. The molecule has 7 N–H and O–H groups in total. The summed E-state index contributed by atoms with van der Waals surface area (Å²) in [5.41, 5.74) is 11.7. The summed E-state index contributed by atoms with van der Waals surface area (Å²) in [5.74, 6) is 1.46. The predicted molar refractivity (Wildman–Crippen MR) is 133 cm³/mol. The van der Waals surface area contributed by atoms with Crippen molar-refractivity contribution in [3.8, 4) is 11.5 Å². The van der Waals surface area contributed by atoms with E-state index in [1.165, 1.54) is 32.4 Å². The van der Waals surface area contributed by atoms with E-state index >= 15 is 0 Å². The molecule has 1 aliphatic carbocycles. The number of H-pyrrole nitrogens is 1. The number of hydrogen-bond donors (Lipinski definition) is 5. The van der Waals surface area contributed by atoms with Crippen LogP contribution in [-0.2, 0) is 0 Å². The van der Waals surface area contributed by atoms with Crippen LogP contribution in [0.3, 0.4) is 0 Å². The Morgan fingerprint density at radius 3 is 2.59 bits per heavy atom. The first-order valence-electron chi connectivity index (χ1n) is 11.3. The fraction of sp³-hybridized carbons (Fsp3) is 0.292. The lowest BCUT2D eigenvalue weighted by Gasteiger charge is -2.23. The molecule has 178 valence electrons. The summed E-state index contributed by atoms with van der Waals surface area (Å²) >= 11 is 0. The van der Waals surface area contributed by atoms with Crippen molar-refractivity contribution >= 4 is 34.2 Å². The van der Waals surface area contributed by atoms with Gasteiger partial charge in [-0.1, -0.05) is 19.3 Å². The van der Waals surface area contributed by atoms with E-state index in [9.17, 15) is 4.39 Å². The highest BCUT2D eigenvalue weighted by Crippen LogP contribution is 2.30. The maximum atomic E-state index is 14.7. The van der Waals surface area contributed by atoms with Gasteiger partial charge in [0, 0.05) is 35.3 Å². The van der Waals surface area contributed by atoms with Gasteiger partial charge in [-0.25, -0.2) is 4.39 Å². The summed E-state index contributed by atoms with van der Waals surface area (Å²) in [6.07, 6.45) is 7.66. The Labute approximate surface area is 197 Å². The van der Waals surface area contributed by atoms with Crippen LogP contribution in [0.15, 0.2) is 48.7 Å². The van der Waals surface area contributed by atoms with Crippen LogP contribution in [0.1, 0.15) is 32.1 Å². The molecule has 0 aliphatic heterocycles. The first-order valence-corrected chi connectivity index (χ1v) is 11.3. The number of fused-ring (bicyclic) bond motifs is 1. The van der Waals surface area contributed by atoms with Crippen LogP contribution >= 0.6 is 0 Å². The molecule has 2 aromatic heterocycles. The van der Waals surface area contributed by atoms with E-state index in [-0.39, 0.29) is 11.7 Å². The summed E-state index contributed by atoms with van der Waals surface area (Å²) in [7, 11) is 1.50. The number of aromatic amines is 1. The number of nitrogens with two attached hydrogens (primary N) is 2. The van der Waals surface area contributed by atoms with Crippen LogP contribution < -0.4 is 26.8 Å². The minimum absolute atomic E-state index is 0.122. The van der Waals surface area contributed by atoms with E-state index in [2.05, 4.69) is 36.5 Å². The fourth-order valence-corrected chi connectivity index (χ4v) is 3.98. The standard InChI is InChI=1S/C23H24FN7O.CH5N/c24-18-10-16(7-9-20(18)32-17-8-6-14-13-26-31-19(14)11-17)28-22-12-21(29-23(25)30-22)27-15-4-2-1-3-5-15;1-2/h6-13,15H,1-5H2,(H,26,31)(H4,25,27,28,29,30);2H2,1H3. The molecular weight excluding hydrogens is 435 g/mol. The molecule has 0 saturated heterocycles. The maximum absolute atomic E-state index is 14.7. The number of halogens is 1. The molecule has 0 bridgehead atoms. The smallest absolute Gasteiger partial charge is 0.223 e.